The summed E-state index contributed by atoms with van der Waals surface area (Å²) in [6.45, 7) is 3.10. The van der Waals surface area contributed by atoms with Crippen LogP contribution in [0.4, 0.5) is 11.4 Å². The van der Waals surface area contributed by atoms with E-state index in [1.165, 1.54) is 4.90 Å². The molecule has 0 unspecified atom stereocenters. The summed E-state index contributed by atoms with van der Waals surface area (Å²) in [7, 11) is 0. The molecule has 0 atom stereocenters. The summed E-state index contributed by atoms with van der Waals surface area (Å²) in [6.07, 6.45) is 0. The largest absolute Gasteiger partial charge is 0.378 e. The monoisotopic (exact) mass is 436 g/mol. The van der Waals surface area contributed by atoms with Crippen molar-refractivity contribution in [2.45, 2.75) is 0 Å². The first-order valence-corrected chi connectivity index (χ1v) is 9.97. The van der Waals surface area contributed by atoms with Crippen molar-refractivity contribution in [3.63, 3.8) is 0 Å². The summed E-state index contributed by atoms with van der Waals surface area (Å²) in [5, 5.41) is 1.59. The number of carbonyl (C=O) groups excluding carboxylic acids is 2. The molecule has 0 spiro atoms. The number of nitrogens with zero attached hydrogens (tertiary/aromatic N) is 2. The second kappa shape index (κ2) is 6.72. The number of anilines is 2. The molecule has 2 aliphatic heterocycles. The van der Waals surface area contributed by atoms with Gasteiger partial charge in [-0.05, 0) is 47.9 Å². The van der Waals surface area contributed by atoms with E-state index in [0.29, 0.717) is 35.4 Å². The molecule has 140 valence electrons. The van der Waals surface area contributed by atoms with Gasteiger partial charge in [0.05, 0.1) is 18.9 Å². The molecule has 2 amide bonds. The van der Waals surface area contributed by atoms with Gasteiger partial charge in [-0.3, -0.25) is 9.59 Å². The number of hydrogen-bond acceptors (Lipinski definition) is 4. The average molecular weight is 437 g/mol. The Labute approximate surface area is 170 Å². The molecular formula is C22H17BrN2O3. The van der Waals surface area contributed by atoms with E-state index in [9.17, 15) is 9.59 Å². The summed E-state index contributed by atoms with van der Waals surface area (Å²) < 4.78 is 6.27. The van der Waals surface area contributed by atoms with Crippen molar-refractivity contribution in [3.05, 3.63) is 70.2 Å². The summed E-state index contributed by atoms with van der Waals surface area (Å²) in [4.78, 5) is 29.9. The second-order valence-corrected chi connectivity index (χ2v) is 7.74. The molecule has 0 radical (unpaired) electrons. The van der Waals surface area contributed by atoms with E-state index in [2.05, 4.69) is 20.8 Å². The summed E-state index contributed by atoms with van der Waals surface area (Å²) in [5.74, 6) is -0.583. The molecule has 2 aliphatic rings. The van der Waals surface area contributed by atoms with E-state index in [1.807, 2.05) is 42.5 Å². The van der Waals surface area contributed by atoms with Crippen LogP contribution in [-0.4, -0.2) is 38.1 Å². The highest BCUT2D eigenvalue weighted by Gasteiger charge is 2.34. The number of hydrogen-bond donors (Lipinski definition) is 0. The number of rotatable bonds is 2. The van der Waals surface area contributed by atoms with Crippen LogP contribution >= 0.6 is 15.9 Å². The van der Waals surface area contributed by atoms with Crippen LogP contribution in [-0.2, 0) is 4.74 Å². The molecule has 0 bridgehead atoms. The minimum atomic E-state index is -0.291. The molecule has 1 fully saturated rings. The van der Waals surface area contributed by atoms with Crippen LogP contribution in [0, 0.1) is 0 Å². The molecule has 3 aromatic carbocycles. The first-order chi connectivity index (χ1) is 13.6. The number of carbonyl (C=O) groups is 2. The SMILES string of the molecule is O=C1c2cccc3c(Br)ccc(c23)C(=O)N1c1ccc(N2CCOCC2)cc1. The van der Waals surface area contributed by atoms with Crippen molar-refractivity contribution in [1.82, 2.24) is 0 Å². The van der Waals surface area contributed by atoms with Gasteiger partial charge in [-0.1, -0.05) is 28.1 Å². The van der Waals surface area contributed by atoms with E-state index in [0.717, 1.165) is 28.6 Å². The van der Waals surface area contributed by atoms with Gasteiger partial charge in [0.25, 0.3) is 11.8 Å². The molecule has 5 nitrogen and oxygen atoms in total. The number of morpholine rings is 1. The van der Waals surface area contributed by atoms with Crippen LogP contribution in [0.5, 0.6) is 0 Å². The molecular weight excluding hydrogens is 420 g/mol. The Hall–Kier alpha value is -2.70. The molecule has 0 aromatic heterocycles. The standard InChI is InChI=1S/C22H17BrN2O3/c23-19-9-8-18-20-16(19)2-1-3-17(20)21(26)25(22(18)27)15-6-4-14(5-7-15)24-10-12-28-13-11-24/h1-9H,10-13H2. The highest BCUT2D eigenvalue weighted by molar-refractivity contribution is 9.10. The van der Waals surface area contributed by atoms with Gasteiger partial charge in [0.15, 0.2) is 0 Å². The van der Waals surface area contributed by atoms with Gasteiger partial charge in [0.2, 0.25) is 0 Å². The van der Waals surface area contributed by atoms with Crippen molar-refractivity contribution in [3.8, 4) is 0 Å². The highest BCUT2D eigenvalue weighted by atomic mass is 79.9. The Kier molecular flexibility index (Phi) is 4.18. The first-order valence-electron chi connectivity index (χ1n) is 9.18. The fourth-order valence-electron chi connectivity index (χ4n) is 3.93. The Bertz CT molecular complexity index is 1080. The lowest BCUT2D eigenvalue weighted by molar-refractivity contribution is 0.0893. The maximum absolute atomic E-state index is 13.2. The second-order valence-electron chi connectivity index (χ2n) is 6.88. The zero-order chi connectivity index (χ0) is 19.3. The van der Waals surface area contributed by atoms with Gasteiger partial charge in [-0.25, -0.2) is 4.90 Å². The smallest absolute Gasteiger partial charge is 0.265 e. The summed E-state index contributed by atoms with van der Waals surface area (Å²) in [6, 6.07) is 16.8. The van der Waals surface area contributed by atoms with Gasteiger partial charge < -0.3 is 9.64 Å². The van der Waals surface area contributed by atoms with Gasteiger partial charge in [0.1, 0.15) is 0 Å². The predicted octanol–water partition coefficient (Wildman–Crippen LogP) is 4.24. The molecule has 3 aromatic rings. The van der Waals surface area contributed by atoms with Gasteiger partial charge in [0, 0.05) is 39.8 Å². The molecule has 28 heavy (non-hydrogen) atoms. The van der Waals surface area contributed by atoms with Crippen LogP contribution in [0.2, 0.25) is 0 Å². The Morgan fingerprint density at radius 1 is 0.786 bits per heavy atom. The predicted molar refractivity (Wildman–Crippen MR) is 112 cm³/mol. The Morgan fingerprint density at radius 3 is 2.14 bits per heavy atom. The molecule has 0 N–H and O–H groups in total. The van der Waals surface area contributed by atoms with E-state index in [4.69, 9.17) is 4.74 Å². The van der Waals surface area contributed by atoms with Gasteiger partial charge >= 0.3 is 0 Å². The van der Waals surface area contributed by atoms with Gasteiger partial charge in [-0.15, -0.1) is 0 Å². The number of amides is 2. The quantitative estimate of drug-likeness (QED) is 0.563. The van der Waals surface area contributed by atoms with Crippen molar-refractivity contribution in [1.29, 1.82) is 0 Å². The maximum Gasteiger partial charge on any atom is 0.265 e. The van der Waals surface area contributed by atoms with Crippen molar-refractivity contribution in [2.75, 3.05) is 36.1 Å². The number of benzene rings is 3. The zero-order valence-electron chi connectivity index (χ0n) is 15.0. The first kappa shape index (κ1) is 17.4. The zero-order valence-corrected chi connectivity index (χ0v) is 16.6. The molecule has 1 saturated heterocycles. The lowest BCUT2D eigenvalue weighted by Crippen LogP contribution is -2.40. The van der Waals surface area contributed by atoms with Crippen LogP contribution in [0.15, 0.2) is 59.1 Å². The average Bonchev–Trinajstić information content (AvgIpc) is 2.74. The lowest BCUT2D eigenvalue weighted by atomic mass is 9.94. The van der Waals surface area contributed by atoms with E-state index in [-0.39, 0.29) is 11.8 Å². The third-order valence-electron chi connectivity index (χ3n) is 5.34. The molecule has 0 aliphatic carbocycles. The molecule has 0 saturated carbocycles. The number of ether oxygens (including phenoxy) is 1. The van der Waals surface area contributed by atoms with Crippen molar-refractivity contribution >= 4 is 49.9 Å². The third kappa shape index (κ3) is 2.64. The maximum atomic E-state index is 13.2. The van der Waals surface area contributed by atoms with E-state index >= 15 is 0 Å². The normalized spacial score (nSPS) is 16.8. The number of imide groups is 1. The van der Waals surface area contributed by atoms with Crippen LogP contribution in [0.1, 0.15) is 20.7 Å². The third-order valence-corrected chi connectivity index (χ3v) is 6.03. The van der Waals surface area contributed by atoms with E-state index in [1.54, 1.807) is 12.1 Å². The lowest BCUT2D eigenvalue weighted by Gasteiger charge is -2.30. The summed E-state index contributed by atoms with van der Waals surface area (Å²) in [5.41, 5.74) is 2.74. The van der Waals surface area contributed by atoms with Crippen molar-refractivity contribution < 1.29 is 14.3 Å². The van der Waals surface area contributed by atoms with Crippen molar-refractivity contribution in [2.24, 2.45) is 0 Å². The van der Waals surface area contributed by atoms with Gasteiger partial charge in [-0.2, -0.15) is 0 Å². The minimum absolute atomic E-state index is 0.291. The van der Waals surface area contributed by atoms with Crippen LogP contribution in [0.3, 0.4) is 0 Å². The molecule has 5 rings (SSSR count). The number of halogens is 1. The molecule has 2 heterocycles. The minimum Gasteiger partial charge on any atom is -0.378 e. The fraction of sp³-hybridized carbons (Fsp3) is 0.182. The van der Waals surface area contributed by atoms with Crippen LogP contribution in [0.25, 0.3) is 10.8 Å². The highest BCUT2D eigenvalue weighted by Crippen LogP contribution is 2.36. The van der Waals surface area contributed by atoms with Crippen LogP contribution < -0.4 is 9.80 Å². The fourth-order valence-corrected chi connectivity index (χ4v) is 4.39. The Morgan fingerprint density at radius 2 is 1.43 bits per heavy atom. The molecule has 6 heteroatoms. The van der Waals surface area contributed by atoms with E-state index < -0.39 is 0 Å². The summed E-state index contributed by atoms with van der Waals surface area (Å²) >= 11 is 3.51. The topological polar surface area (TPSA) is 49.9 Å². The Balaban J connectivity index is 1.55.